The van der Waals surface area contributed by atoms with Crippen LogP contribution < -0.4 is 10.1 Å². The number of aryl methyl sites for hydroxylation is 1. The molecule has 0 aromatic carbocycles. The van der Waals surface area contributed by atoms with E-state index in [0.29, 0.717) is 11.9 Å². The molecule has 0 bridgehead atoms. The summed E-state index contributed by atoms with van der Waals surface area (Å²) >= 11 is 0. The summed E-state index contributed by atoms with van der Waals surface area (Å²) in [6.45, 7) is 4.16. The van der Waals surface area contributed by atoms with Crippen molar-refractivity contribution in [3.63, 3.8) is 0 Å². The number of pyridine rings is 1. The Hall–Kier alpha value is -1.92. The minimum atomic E-state index is -0.332. The predicted molar refractivity (Wildman–Crippen MR) is 87.5 cm³/mol. The molecule has 2 N–H and O–H groups in total. The molecule has 0 saturated heterocycles. The molecule has 1 unspecified atom stereocenters. The van der Waals surface area contributed by atoms with Crippen molar-refractivity contribution >= 4 is 0 Å². The molecule has 23 heavy (non-hydrogen) atoms. The van der Waals surface area contributed by atoms with E-state index >= 15 is 0 Å². The highest BCUT2D eigenvalue weighted by molar-refractivity contribution is 5.18. The highest BCUT2D eigenvalue weighted by atomic mass is 16.5. The van der Waals surface area contributed by atoms with Gasteiger partial charge in [0.25, 0.3) is 0 Å². The van der Waals surface area contributed by atoms with Gasteiger partial charge in [-0.15, -0.1) is 0 Å². The summed E-state index contributed by atoms with van der Waals surface area (Å²) in [6, 6.07) is 4.46. The second-order valence-electron chi connectivity index (χ2n) is 6.38. The van der Waals surface area contributed by atoms with Gasteiger partial charge in [0.2, 0.25) is 5.88 Å². The maximum absolute atomic E-state index is 10.1. The van der Waals surface area contributed by atoms with Crippen LogP contribution in [0.3, 0.4) is 0 Å². The zero-order valence-corrected chi connectivity index (χ0v) is 13.8. The second-order valence-corrected chi connectivity index (χ2v) is 6.38. The molecule has 0 radical (unpaired) electrons. The van der Waals surface area contributed by atoms with Crippen LogP contribution in [0.4, 0.5) is 0 Å². The van der Waals surface area contributed by atoms with E-state index in [0.717, 1.165) is 24.0 Å². The average molecular weight is 316 g/mol. The Labute approximate surface area is 136 Å². The van der Waals surface area contributed by atoms with Crippen molar-refractivity contribution < 1.29 is 9.84 Å². The summed E-state index contributed by atoms with van der Waals surface area (Å²) in [5.41, 5.74) is 2.28. The van der Waals surface area contributed by atoms with Crippen molar-refractivity contribution in [3.8, 4) is 5.88 Å². The van der Waals surface area contributed by atoms with Crippen molar-refractivity contribution in [2.24, 2.45) is 0 Å². The minimum Gasteiger partial charge on any atom is -0.481 e. The van der Waals surface area contributed by atoms with Gasteiger partial charge in [0.1, 0.15) is 0 Å². The van der Waals surface area contributed by atoms with Gasteiger partial charge in [0, 0.05) is 30.5 Å². The maximum atomic E-state index is 10.1. The molecule has 0 aliphatic heterocycles. The molecule has 1 saturated carbocycles. The van der Waals surface area contributed by atoms with Crippen LogP contribution in [0, 0.1) is 6.92 Å². The number of aliphatic hydroxyl groups excluding tert-OH is 1. The molecule has 1 aliphatic carbocycles. The van der Waals surface area contributed by atoms with Crippen LogP contribution in [0.5, 0.6) is 5.88 Å². The molecule has 1 aliphatic rings. The van der Waals surface area contributed by atoms with Crippen molar-refractivity contribution in [2.75, 3.05) is 7.11 Å². The monoisotopic (exact) mass is 316 g/mol. The average Bonchev–Trinajstić information content (AvgIpc) is 2.92. The second kappa shape index (κ2) is 6.68. The smallest absolute Gasteiger partial charge is 0.212 e. The van der Waals surface area contributed by atoms with Gasteiger partial charge in [-0.25, -0.2) is 4.98 Å². The number of nitrogens with one attached hydrogen (secondary N) is 1. The Bertz CT molecular complexity index is 640. The van der Waals surface area contributed by atoms with E-state index in [1.807, 2.05) is 42.3 Å². The topological polar surface area (TPSA) is 72.2 Å². The van der Waals surface area contributed by atoms with Gasteiger partial charge >= 0.3 is 0 Å². The molecular weight excluding hydrogens is 292 g/mol. The van der Waals surface area contributed by atoms with E-state index in [4.69, 9.17) is 4.74 Å². The van der Waals surface area contributed by atoms with Crippen LogP contribution in [0.2, 0.25) is 0 Å². The lowest BCUT2D eigenvalue weighted by Gasteiger charge is -2.43. The number of aromatic nitrogens is 3. The molecular formula is C17H24N4O2. The molecule has 2 aromatic rings. The molecule has 4 atom stereocenters. The van der Waals surface area contributed by atoms with Crippen LogP contribution in [-0.2, 0) is 6.42 Å². The molecule has 6 heteroatoms. The Morgan fingerprint density at radius 2 is 2.26 bits per heavy atom. The largest absolute Gasteiger partial charge is 0.481 e. The van der Waals surface area contributed by atoms with Gasteiger partial charge in [0.05, 0.1) is 25.5 Å². The first-order chi connectivity index (χ1) is 11.1. The van der Waals surface area contributed by atoms with Crippen LogP contribution in [0.15, 0.2) is 30.7 Å². The highest BCUT2D eigenvalue weighted by Crippen LogP contribution is 2.33. The summed E-state index contributed by atoms with van der Waals surface area (Å²) in [4.78, 5) is 4.24. The minimum absolute atomic E-state index is 0.0140. The third-order valence-corrected chi connectivity index (χ3v) is 4.39. The van der Waals surface area contributed by atoms with E-state index in [2.05, 4.69) is 22.3 Å². The van der Waals surface area contributed by atoms with E-state index in [-0.39, 0.29) is 18.2 Å². The fourth-order valence-corrected chi connectivity index (χ4v) is 3.17. The molecule has 124 valence electrons. The van der Waals surface area contributed by atoms with Crippen LogP contribution >= 0.6 is 0 Å². The Morgan fingerprint density at radius 1 is 1.43 bits per heavy atom. The predicted octanol–water partition coefficient (Wildman–Crippen LogP) is 1.49. The molecule has 3 rings (SSSR count). The van der Waals surface area contributed by atoms with E-state index in [1.165, 1.54) is 0 Å². The zero-order chi connectivity index (χ0) is 16.4. The van der Waals surface area contributed by atoms with E-state index in [9.17, 15) is 5.11 Å². The number of aliphatic hydroxyl groups is 1. The summed E-state index contributed by atoms with van der Waals surface area (Å²) in [7, 11) is 1.62. The molecule has 6 nitrogen and oxygen atoms in total. The fraction of sp³-hybridized carbons (Fsp3) is 0.529. The summed E-state index contributed by atoms with van der Waals surface area (Å²) in [6.07, 6.45) is 6.97. The quantitative estimate of drug-likeness (QED) is 0.845. The first-order valence-corrected chi connectivity index (χ1v) is 8.00. The SMILES string of the molecule is COc1ccc(CC(C)N[C@H]2C[C@@H](O)[C@@H]2n2cc(C)cn2)cn1. The molecule has 0 spiro atoms. The van der Waals surface area contributed by atoms with Gasteiger partial charge in [-0.3, -0.25) is 4.68 Å². The first kappa shape index (κ1) is 16.0. The molecule has 2 heterocycles. The lowest BCUT2D eigenvalue weighted by Crippen LogP contribution is -2.56. The van der Waals surface area contributed by atoms with Crippen LogP contribution in [-0.4, -0.2) is 45.2 Å². The van der Waals surface area contributed by atoms with Gasteiger partial charge in [0.15, 0.2) is 0 Å². The molecule has 1 fully saturated rings. The summed E-state index contributed by atoms with van der Waals surface area (Å²) in [5.74, 6) is 0.630. The number of ether oxygens (including phenoxy) is 1. The first-order valence-electron chi connectivity index (χ1n) is 8.00. The Morgan fingerprint density at radius 3 is 2.83 bits per heavy atom. The number of methoxy groups -OCH3 is 1. The highest BCUT2D eigenvalue weighted by Gasteiger charge is 2.42. The Balaban J connectivity index is 1.57. The lowest BCUT2D eigenvalue weighted by atomic mass is 9.82. The summed E-state index contributed by atoms with van der Waals surface area (Å²) in [5, 5.41) is 18.0. The van der Waals surface area contributed by atoms with Crippen molar-refractivity contribution in [3.05, 3.63) is 41.9 Å². The normalized spacial score (nSPS) is 25.0. The fourth-order valence-electron chi connectivity index (χ4n) is 3.17. The van der Waals surface area contributed by atoms with Gasteiger partial charge in [-0.05, 0) is 37.8 Å². The van der Waals surface area contributed by atoms with Crippen LogP contribution in [0.1, 0.15) is 30.5 Å². The number of hydrogen-bond acceptors (Lipinski definition) is 5. The standard InChI is InChI=1S/C17H24N4O2/c1-11-8-19-21(10-11)17-14(7-15(17)22)20-12(2)6-13-4-5-16(23-3)18-9-13/h4-5,8-10,12,14-15,17,20,22H,6-7H2,1-3H3/t12?,14-,15+,17+/m0/s1. The van der Waals surface area contributed by atoms with Gasteiger partial charge < -0.3 is 15.2 Å². The third-order valence-electron chi connectivity index (χ3n) is 4.39. The van der Waals surface area contributed by atoms with Crippen molar-refractivity contribution in [1.82, 2.24) is 20.1 Å². The van der Waals surface area contributed by atoms with Crippen molar-refractivity contribution in [1.29, 1.82) is 0 Å². The number of hydrogen-bond donors (Lipinski definition) is 2. The number of rotatable bonds is 6. The Kier molecular flexibility index (Phi) is 4.63. The zero-order valence-electron chi connectivity index (χ0n) is 13.8. The number of nitrogens with zero attached hydrogens (tertiary/aromatic N) is 3. The molecule has 2 aromatic heterocycles. The third kappa shape index (κ3) is 3.54. The van der Waals surface area contributed by atoms with E-state index in [1.54, 1.807) is 7.11 Å². The van der Waals surface area contributed by atoms with Gasteiger partial charge in [-0.1, -0.05) is 6.07 Å². The van der Waals surface area contributed by atoms with Crippen molar-refractivity contribution in [2.45, 2.75) is 50.9 Å². The van der Waals surface area contributed by atoms with Crippen LogP contribution in [0.25, 0.3) is 0 Å². The maximum Gasteiger partial charge on any atom is 0.212 e. The molecule has 0 amide bonds. The van der Waals surface area contributed by atoms with E-state index < -0.39 is 0 Å². The van der Waals surface area contributed by atoms with Gasteiger partial charge in [-0.2, -0.15) is 5.10 Å². The lowest BCUT2D eigenvalue weighted by molar-refractivity contribution is -0.0109. The summed E-state index contributed by atoms with van der Waals surface area (Å²) < 4.78 is 6.96.